The van der Waals surface area contributed by atoms with Gasteiger partial charge in [0.1, 0.15) is 12.7 Å². The van der Waals surface area contributed by atoms with Crippen molar-refractivity contribution in [3.05, 3.63) is 109 Å². The van der Waals surface area contributed by atoms with Crippen LogP contribution in [0.5, 0.6) is 0 Å². The van der Waals surface area contributed by atoms with Gasteiger partial charge >= 0.3 is 0 Å². The average molecular weight is 411 g/mol. The van der Waals surface area contributed by atoms with Crippen LogP contribution in [-0.4, -0.2) is 26.6 Å². The summed E-state index contributed by atoms with van der Waals surface area (Å²) in [5.41, 5.74) is 2.92. The maximum Gasteiger partial charge on any atom is 0.251 e. The van der Waals surface area contributed by atoms with Crippen LogP contribution in [0.15, 0.2) is 97.6 Å². The number of nitrogens with one attached hydrogen (secondary N) is 2. The molecule has 31 heavy (non-hydrogen) atoms. The van der Waals surface area contributed by atoms with Gasteiger partial charge in [-0.05, 0) is 42.0 Å². The first-order chi connectivity index (χ1) is 15.2. The van der Waals surface area contributed by atoms with Crippen molar-refractivity contribution in [3.63, 3.8) is 0 Å². The van der Waals surface area contributed by atoms with Crippen LogP contribution in [0.25, 0.3) is 5.69 Å². The summed E-state index contributed by atoms with van der Waals surface area (Å²) in [7, 11) is 0. The van der Waals surface area contributed by atoms with Gasteiger partial charge in [-0.2, -0.15) is 5.10 Å². The van der Waals surface area contributed by atoms with Crippen molar-refractivity contribution in [1.82, 2.24) is 20.1 Å². The summed E-state index contributed by atoms with van der Waals surface area (Å²) < 4.78 is 1.64. The van der Waals surface area contributed by atoms with Crippen molar-refractivity contribution >= 4 is 17.5 Å². The van der Waals surface area contributed by atoms with E-state index in [-0.39, 0.29) is 18.2 Å². The quantitative estimate of drug-likeness (QED) is 0.485. The van der Waals surface area contributed by atoms with Gasteiger partial charge in [-0.3, -0.25) is 9.59 Å². The number of carbonyl (C=O) groups excluding carboxylic acids is 2. The van der Waals surface area contributed by atoms with Crippen LogP contribution in [0.4, 0.5) is 5.69 Å². The van der Waals surface area contributed by atoms with Gasteiger partial charge in [0.25, 0.3) is 5.91 Å². The van der Waals surface area contributed by atoms with Crippen LogP contribution in [-0.2, 0) is 4.79 Å². The summed E-state index contributed by atoms with van der Waals surface area (Å²) in [6.07, 6.45) is 3.17. The molecule has 0 aliphatic carbocycles. The highest BCUT2D eigenvalue weighted by Gasteiger charge is 2.19. The van der Waals surface area contributed by atoms with Gasteiger partial charge in [-0.15, -0.1) is 0 Å². The molecule has 3 aromatic carbocycles. The third-order valence-corrected chi connectivity index (χ3v) is 4.77. The molecule has 1 unspecified atom stereocenters. The van der Waals surface area contributed by atoms with Crippen LogP contribution < -0.4 is 10.6 Å². The Labute approximate surface area is 179 Å². The summed E-state index contributed by atoms with van der Waals surface area (Å²) in [5, 5.41) is 9.95. The second-order valence-corrected chi connectivity index (χ2v) is 6.94. The fourth-order valence-corrected chi connectivity index (χ4v) is 3.21. The van der Waals surface area contributed by atoms with Gasteiger partial charge in [0.05, 0.1) is 18.2 Å². The molecule has 0 saturated heterocycles. The number of rotatable bonds is 7. The van der Waals surface area contributed by atoms with E-state index in [0.717, 1.165) is 11.3 Å². The molecule has 0 saturated carbocycles. The second kappa shape index (κ2) is 9.49. The van der Waals surface area contributed by atoms with Crippen LogP contribution in [0.2, 0.25) is 0 Å². The predicted octanol–water partition coefficient (Wildman–Crippen LogP) is 3.77. The van der Waals surface area contributed by atoms with Crippen molar-refractivity contribution in [2.24, 2.45) is 0 Å². The fourth-order valence-electron chi connectivity index (χ4n) is 3.21. The van der Waals surface area contributed by atoms with Crippen LogP contribution in [0, 0.1) is 0 Å². The maximum absolute atomic E-state index is 12.7. The molecule has 154 valence electrons. The van der Waals surface area contributed by atoms with Crippen molar-refractivity contribution in [1.29, 1.82) is 0 Å². The molecule has 7 heteroatoms. The first-order valence-corrected chi connectivity index (χ1v) is 9.85. The smallest absolute Gasteiger partial charge is 0.251 e. The van der Waals surface area contributed by atoms with Crippen molar-refractivity contribution in [2.75, 3.05) is 5.32 Å². The summed E-state index contributed by atoms with van der Waals surface area (Å²) >= 11 is 0. The summed E-state index contributed by atoms with van der Waals surface area (Å²) in [5.74, 6) is -0.421. The Balaban J connectivity index is 1.45. The largest absolute Gasteiger partial charge is 0.345 e. The minimum absolute atomic E-state index is 0.105. The standard InChI is InChI=1S/C24H21N5O2/c30-23(27-20-11-13-21(14-12-20)29-17-25-16-26-29)15-22(18-7-3-1-4-8-18)28-24(31)19-9-5-2-6-10-19/h1-14,16-17,22H,15H2,(H,27,30)(H,28,31). The first-order valence-electron chi connectivity index (χ1n) is 9.85. The molecule has 0 fully saturated rings. The van der Waals surface area contributed by atoms with Gasteiger partial charge in [-0.1, -0.05) is 48.5 Å². The normalized spacial score (nSPS) is 11.5. The molecule has 2 amide bonds. The van der Waals surface area contributed by atoms with E-state index < -0.39 is 6.04 Å². The number of benzene rings is 3. The summed E-state index contributed by atoms with van der Waals surface area (Å²) in [6, 6.07) is 25.3. The Bertz CT molecular complexity index is 1130. The lowest BCUT2D eigenvalue weighted by atomic mass is 10.0. The highest BCUT2D eigenvalue weighted by Crippen LogP contribution is 2.19. The van der Waals surface area contributed by atoms with E-state index in [1.165, 1.54) is 6.33 Å². The molecule has 4 aromatic rings. The van der Waals surface area contributed by atoms with Gasteiger partial charge in [-0.25, -0.2) is 9.67 Å². The zero-order chi connectivity index (χ0) is 21.5. The maximum atomic E-state index is 12.7. The minimum atomic E-state index is -0.455. The number of carbonyl (C=O) groups is 2. The number of amides is 2. The number of anilines is 1. The van der Waals surface area contributed by atoms with E-state index in [4.69, 9.17) is 0 Å². The van der Waals surface area contributed by atoms with E-state index in [2.05, 4.69) is 20.7 Å². The third kappa shape index (κ3) is 5.22. The highest BCUT2D eigenvalue weighted by molar-refractivity contribution is 5.95. The molecule has 2 N–H and O–H groups in total. The monoisotopic (exact) mass is 411 g/mol. The van der Waals surface area contributed by atoms with Crippen molar-refractivity contribution in [3.8, 4) is 5.69 Å². The molecule has 0 spiro atoms. The Morgan fingerprint density at radius 3 is 2.19 bits per heavy atom. The number of hydrogen-bond donors (Lipinski definition) is 2. The summed E-state index contributed by atoms with van der Waals surface area (Å²) in [6.45, 7) is 0. The van der Waals surface area contributed by atoms with Crippen LogP contribution in [0.3, 0.4) is 0 Å². The number of hydrogen-bond acceptors (Lipinski definition) is 4. The van der Waals surface area contributed by atoms with E-state index in [1.54, 1.807) is 35.3 Å². The molecule has 1 heterocycles. The lowest BCUT2D eigenvalue weighted by Gasteiger charge is -2.19. The Morgan fingerprint density at radius 1 is 0.871 bits per heavy atom. The molecule has 4 rings (SSSR count). The van der Waals surface area contributed by atoms with Crippen LogP contribution in [0.1, 0.15) is 28.4 Å². The number of aromatic nitrogens is 3. The first kappa shape index (κ1) is 20.0. The third-order valence-electron chi connectivity index (χ3n) is 4.77. The van der Waals surface area contributed by atoms with Crippen molar-refractivity contribution in [2.45, 2.75) is 12.5 Å². The Kier molecular flexibility index (Phi) is 6.13. The Morgan fingerprint density at radius 2 is 1.55 bits per heavy atom. The lowest BCUT2D eigenvalue weighted by molar-refractivity contribution is -0.116. The summed E-state index contributed by atoms with van der Waals surface area (Å²) in [4.78, 5) is 29.3. The number of nitrogens with zero attached hydrogens (tertiary/aromatic N) is 3. The SMILES string of the molecule is O=C(CC(NC(=O)c1ccccc1)c1ccccc1)Nc1ccc(-n2cncn2)cc1. The zero-order valence-corrected chi connectivity index (χ0v) is 16.7. The van der Waals surface area contributed by atoms with E-state index in [1.807, 2.05) is 60.7 Å². The van der Waals surface area contributed by atoms with Gasteiger partial charge in [0.15, 0.2) is 0 Å². The molecule has 7 nitrogen and oxygen atoms in total. The van der Waals surface area contributed by atoms with Crippen LogP contribution >= 0.6 is 0 Å². The topological polar surface area (TPSA) is 88.9 Å². The average Bonchev–Trinajstić information content (AvgIpc) is 3.35. The van der Waals surface area contributed by atoms with Gasteiger partial charge in [0, 0.05) is 11.3 Å². The molecule has 0 radical (unpaired) electrons. The molecule has 1 atom stereocenters. The van der Waals surface area contributed by atoms with Crippen molar-refractivity contribution < 1.29 is 9.59 Å². The molecular formula is C24H21N5O2. The molecule has 0 bridgehead atoms. The van der Waals surface area contributed by atoms with E-state index >= 15 is 0 Å². The molecular weight excluding hydrogens is 390 g/mol. The minimum Gasteiger partial charge on any atom is -0.345 e. The lowest BCUT2D eigenvalue weighted by Crippen LogP contribution is -2.31. The van der Waals surface area contributed by atoms with E-state index in [0.29, 0.717) is 11.3 Å². The zero-order valence-electron chi connectivity index (χ0n) is 16.7. The molecule has 1 aromatic heterocycles. The molecule has 0 aliphatic rings. The Hall–Kier alpha value is -4.26. The van der Waals surface area contributed by atoms with Gasteiger partial charge < -0.3 is 10.6 Å². The predicted molar refractivity (Wildman–Crippen MR) is 118 cm³/mol. The fraction of sp³-hybridized carbons (Fsp3) is 0.0833. The molecule has 0 aliphatic heterocycles. The second-order valence-electron chi connectivity index (χ2n) is 6.94. The van der Waals surface area contributed by atoms with Gasteiger partial charge in [0.2, 0.25) is 5.91 Å². The highest BCUT2D eigenvalue weighted by atomic mass is 16.2. The van der Waals surface area contributed by atoms with E-state index in [9.17, 15) is 9.59 Å².